The van der Waals surface area contributed by atoms with Crippen LogP contribution in [0.3, 0.4) is 0 Å². The largest absolute Gasteiger partial charge is 0.383 e. The first-order valence-electron chi connectivity index (χ1n) is 4.46. The maximum Gasteiger partial charge on any atom is 0.161 e. The smallest absolute Gasteiger partial charge is 0.161 e. The number of rotatable bonds is 0. The average Bonchev–Trinajstić information content (AvgIpc) is 2.67. The molecule has 4 heteroatoms. The number of hydrogen-bond donors (Lipinski definition) is 1. The van der Waals surface area contributed by atoms with Crippen LogP contribution >= 0.6 is 0 Å². The molecular formula is C10H9N3O. The van der Waals surface area contributed by atoms with E-state index in [1.165, 1.54) is 0 Å². The Kier molecular flexibility index (Phi) is 1.46. The van der Waals surface area contributed by atoms with Gasteiger partial charge >= 0.3 is 0 Å². The van der Waals surface area contributed by atoms with Crippen LogP contribution in [0.4, 0.5) is 5.82 Å². The van der Waals surface area contributed by atoms with E-state index in [-0.39, 0.29) is 0 Å². The Hall–Kier alpha value is -1.68. The number of aromatic nitrogens is 2. The van der Waals surface area contributed by atoms with Crippen molar-refractivity contribution in [3.05, 3.63) is 29.5 Å². The summed E-state index contributed by atoms with van der Waals surface area (Å²) in [7, 11) is 0. The van der Waals surface area contributed by atoms with Crippen molar-refractivity contribution in [2.24, 2.45) is 0 Å². The second kappa shape index (κ2) is 2.65. The Morgan fingerprint density at radius 3 is 3.07 bits per heavy atom. The summed E-state index contributed by atoms with van der Waals surface area (Å²) < 4.78 is 5.36. The fourth-order valence-electron chi connectivity index (χ4n) is 1.80. The summed E-state index contributed by atoms with van der Waals surface area (Å²) in [5.74, 6) is 0.545. The lowest BCUT2D eigenvalue weighted by atomic mass is 10.1. The molecule has 0 saturated carbocycles. The molecule has 0 saturated heterocycles. The van der Waals surface area contributed by atoms with Crippen molar-refractivity contribution in [1.82, 2.24) is 9.97 Å². The van der Waals surface area contributed by atoms with Crippen molar-refractivity contribution in [2.75, 3.05) is 5.73 Å². The molecule has 0 spiro atoms. The number of pyridine rings is 2. The molecule has 0 fully saturated rings. The minimum absolute atomic E-state index is 0.545. The SMILES string of the molecule is Nc1nc2ncccc2c2c1COC2. The van der Waals surface area contributed by atoms with Gasteiger partial charge in [-0.2, -0.15) is 0 Å². The van der Waals surface area contributed by atoms with Gasteiger partial charge in [0.15, 0.2) is 5.65 Å². The van der Waals surface area contributed by atoms with Crippen LogP contribution in [-0.2, 0) is 18.0 Å². The standard InChI is InChI=1S/C10H9N3O/c11-9-8-5-14-4-7(8)6-2-1-3-12-10(6)13-9/h1-3H,4-5H2,(H2,11,12,13). The lowest BCUT2D eigenvalue weighted by Gasteiger charge is -2.04. The zero-order chi connectivity index (χ0) is 9.54. The molecule has 0 radical (unpaired) electrons. The quantitative estimate of drug-likeness (QED) is 0.674. The molecule has 3 heterocycles. The van der Waals surface area contributed by atoms with Crippen LogP contribution in [0, 0.1) is 0 Å². The minimum Gasteiger partial charge on any atom is -0.383 e. The maximum absolute atomic E-state index is 5.81. The van der Waals surface area contributed by atoms with Crippen molar-refractivity contribution in [1.29, 1.82) is 0 Å². The van der Waals surface area contributed by atoms with Gasteiger partial charge in [-0.3, -0.25) is 0 Å². The molecule has 2 aromatic heterocycles. The Balaban J connectivity index is 2.46. The lowest BCUT2D eigenvalue weighted by molar-refractivity contribution is 0.135. The summed E-state index contributed by atoms with van der Waals surface area (Å²) >= 11 is 0. The van der Waals surface area contributed by atoms with E-state index >= 15 is 0 Å². The molecule has 0 aliphatic carbocycles. The first-order valence-corrected chi connectivity index (χ1v) is 4.46. The first kappa shape index (κ1) is 7.70. The molecule has 1 aliphatic rings. The predicted molar refractivity (Wildman–Crippen MR) is 52.4 cm³/mol. The number of fused-ring (bicyclic) bond motifs is 3. The van der Waals surface area contributed by atoms with Crippen LogP contribution in [0.25, 0.3) is 11.0 Å². The van der Waals surface area contributed by atoms with Gasteiger partial charge < -0.3 is 10.5 Å². The summed E-state index contributed by atoms with van der Waals surface area (Å²) in [5.41, 5.74) is 8.67. The lowest BCUT2D eigenvalue weighted by Crippen LogP contribution is -1.99. The van der Waals surface area contributed by atoms with Crippen LogP contribution < -0.4 is 5.73 Å². The summed E-state index contributed by atoms with van der Waals surface area (Å²) in [6.07, 6.45) is 1.72. The van der Waals surface area contributed by atoms with Crippen LogP contribution in [0.15, 0.2) is 18.3 Å². The van der Waals surface area contributed by atoms with E-state index in [1.54, 1.807) is 6.20 Å². The first-order chi connectivity index (χ1) is 6.86. The zero-order valence-corrected chi connectivity index (χ0v) is 7.53. The number of nitrogens with zero attached hydrogens (tertiary/aromatic N) is 2. The van der Waals surface area contributed by atoms with Gasteiger partial charge in [-0.25, -0.2) is 9.97 Å². The van der Waals surface area contributed by atoms with Gasteiger partial charge in [0.1, 0.15) is 5.82 Å². The molecule has 4 nitrogen and oxygen atoms in total. The highest BCUT2D eigenvalue weighted by Gasteiger charge is 2.18. The molecule has 0 amide bonds. The summed E-state index contributed by atoms with van der Waals surface area (Å²) in [5, 5.41) is 1.05. The van der Waals surface area contributed by atoms with Crippen molar-refractivity contribution in [2.45, 2.75) is 13.2 Å². The van der Waals surface area contributed by atoms with Gasteiger partial charge in [0.05, 0.1) is 13.2 Å². The number of anilines is 1. The Morgan fingerprint density at radius 2 is 2.14 bits per heavy atom. The topological polar surface area (TPSA) is 61.0 Å². The van der Waals surface area contributed by atoms with Gasteiger partial charge in [0.2, 0.25) is 0 Å². The molecular weight excluding hydrogens is 178 g/mol. The summed E-state index contributed by atoms with van der Waals surface area (Å²) in [4.78, 5) is 8.41. The van der Waals surface area contributed by atoms with Gasteiger partial charge in [-0.05, 0) is 17.7 Å². The fourth-order valence-corrected chi connectivity index (χ4v) is 1.80. The van der Waals surface area contributed by atoms with Crippen LogP contribution in [0.1, 0.15) is 11.1 Å². The maximum atomic E-state index is 5.81. The van der Waals surface area contributed by atoms with E-state index in [0.29, 0.717) is 24.7 Å². The van der Waals surface area contributed by atoms with Crippen molar-refractivity contribution < 1.29 is 4.74 Å². The molecule has 0 unspecified atom stereocenters. The van der Waals surface area contributed by atoms with Gasteiger partial charge in [-0.15, -0.1) is 0 Å². The van der Waals surface area contributed by atoms with E-state index in [2.05, 4.69) is 9.97 Å². The Labute approximate surface area is 80.7 Å². The average molecular weight is 187 g/mol. The zero-order valence-electron chi connectivity index (χ0n) is 7.53. The molecule has 70 valence electrons. The van der Waals surface area contributed by atoms with Gasteiger partial charge in [-0.1, -0.05) is 0 Å². The Bertz CT molecular complexity index is 510. The normalized spacial score (nSPS) is 14.6. The summed E-state index contributed by atoms with van der Waals surface area (Å²) in [6, 6.07) is 3.90. The molecule has 0 atom stereocenters. The van der Waals surface area contributed by atoms with Crippen LogP contribution in [-0.4, -0.2) is 9.97 Å². The van der Waals surface area contributed by atoms with E-state index in [9.17, 15) is 0 Å². The molecule has 0 aromatic carbocycles. The van der Waals surface area contributed by atoms with Crippen molar-refractivity contribution >= 4 is 16.9 Å². The third-order valence-electron chi connectivity index (χ3n) is 2.50. The van der Waals surface area contributed by atoms with E-state index < -0.39 is 0 Å². The molecule has 0 bridgehead atoms. The second-order valence-corrected chi connectivity index (χ2v) is 3.32. The molecule has 1 aliphatic heterocycles. The predicted octanol–water partition coefficient (Wildman–Crippen LogP) is 1.24. The molecule has 2 aromatic rings. The van der Waals surface area contributed by atoms with Crippen LogP contribution in [0.5, 0.6) is 0 Å². The number of nitrogens with two attached hydrogens (primary N) is 1. The number of ether oxygens (including phenoxy) is 1. The highest BCUT2D eigenvalue weighted by atomic mass is 16.5. The monoisotopic (exact) mass is 187 g/mol. The van der Waals surface area contributed by atoms with E-state index in [1.807, 2.05) is 12.1 Å². The highest BCUT2D eigenvalue weighted by molar-refractivity contribution is 5.82. The third kappa shape index (κ3) is 0.914. The van der Waals surface area contributed by atoms with E-state index in [0.717, 1.165) is 16.5 Å². The number of hydrogen-bond acceptors (Lipinski definition) is 4. The van der Waals surface area contributed by atoms with Crippen molar-refractivity contribution in [3.8, 4) is 0 Å². The van der Waals surface area contributed by atoms with Crippen molar-refractivity contribution in [3.63, 3.8) is 0 Å². The Morgan fingerprint density at radius 1 is 1.29 bits per heavy atom. The van der Waals surface area contributed by atoms with Crippen LogP contribution in [0.2, 0.25) is 0 Å². The molecule has 14 heavy (non-hydrogen) atoms. The molecule has 3 rings (SSSR count). The van der Waals surface area contributed by atoms with E-state index in [4.69, 9.17) is 10.5 Å². The second-order valence-electron chi connectivity index (χ2n) is 3.32. The molecule has 2 N–H and O–H groups in total. The van der Waals surface area contributed by atoms with Gasteiger partial charge in [0, 0.05) is 17.1 Å². The van der Waals surface area contributed by atoms with Gasteiger partial charge in [0.25, 0.3) is 0 Å². The highest BCUT2D eigenvalue weighted by Crippen LogP contribution is 2.29. The minimum atomic E-state index is 0.545. The fraction of sp³-hybridized carbons (Fsp3) is 0.200. The third-order valence-corrected chi connectivity index (χ3v) is 2.50. The summed E-state index contributed by atoms with van der Waals surface area (Å²) in [6.45, 7) is 1.18. The number of nitrogen functional groups attached to an aromatic ring is 1.